The second kappa shape index (κ2) is 8.69. The van der Waals surface area contributed by atoms with E-state index >= 15 is 0 Å². The van der Waals surface area contributed by atoms with E-state index < -0.39 is 0 Å². The monoisotopic (exact) mass is 397 g/mol. The summed E-state index contributed by atoms with van der Waals surface area (Å²) in [7, 11) is 0. The Morgan fingerprint density at radius 3 is 2.57 bits per heavy atom. The van der Waals surface area contributed by atoms with Crippen LogP contribution in [-0.4, -0.2) is 27.4 Å². The lowest BCUT2D eigenvalue weighted by Crippen LogP contribution is -2.17. The summed E-state index contributed by atoms with van der Waals surface area (Å²) in [5.41, 5.74) is 2.54. The third-order valence-electron chi connectivity index (χ3n) is 4.56. The van der Waals surface area contributed by atoms with E-state index in [0.717, 1.165) is 23.0 Å². The number of nitrogens with one attached hydrogen (secondary N) is 2. The van der Waals surface area contributed by atoms with Gasteiger partial charge in [0.25, 0.3) is 5.91 Å². The van der Waals surface area contributed by atoms with Crippen LogP contribution in [0.5, 0.6) is 0 Å². The van der Waals surface area contributed by atoms with Crippen LogP contribution in [0.2, 0.25) is 0 Å². The molecular formula is C24H23N5O. The Balaban J connectivity index is 1.69. The highest BCUT2D eigenvalue weighted by Gasteiger charge is 2.15. The minimum atomic E-state index is -0.305. The number of anilines is 2. The van der Waals surface area contributed by atoms with Crippen molar-refractivity contribution in [3.8, 4) is 11.4 Å². The molecule has 2 aromatic heterocycles. The van der Waals surface area contributed by atoms with Crippen molar-refractivity contribution in [2.45, 2.75) is 13.8 Å². The summed E-state index contributed by atoms with van der Waals surface area (Å²) in [6.07, 6.45) is 1.71. The van der Waals surface area contributed by atoms with Gasteiger partial charge in [0.05, 0.1) is 11.2 Å². The second-order valence-electron chi connectivity index (χ2n) is 7.44. The molecule has 0 fully saturated rings. The van der Waals surface area contributed by atoms with E-state index in [1.165, 1.54) is 0 Å². The molecule has 0 saturated heterocycles. The number of hydrogen-bond acceptors (Lipinski definition) is 5. The highest BCUT2D eigenvalue weighted by Crippen LogP contribution is 2.23. The Bertz CT molecular complexity index is 1170. The summed E-state index contributed by atoms with van der Waals surface area (Å²) >= 11 is 0. The van der Waals surface area contributed by atoms with Crippen LogP contribution in [0.15, 0.2) is 72.9 Å². The molecule has 4 rings (SSSR count). The van der Waals surface area contributed by atoms with Gasteiger partial charge >= 0.3 is 0 Å². The van der Waals surface area contributed by atoms with Crippen molar-refractivity contribution >= 4 is 28.3 Å². The summed E-state index contributed by atoms with van der Waals surface area (Å²) in [6, 6.07) is 20.9. The summed E-state index contributed by atoms with van der Waals surface area (Å²) in [5, 5.41) is 7.21. The molecular weight excluding hydrogens is 374 g/mol. The van der Waals surface area contributed by atoms with Crippen LogP contribution < -0.4 is 10.6 Å². The molecule has 1 amide bonds. The van der Waals surface area contributed by atoms with E-state index in [9.17, 15) is 4.79 Å². The fourth-order valence-corrected chi connectivity index (χ4v) is 3.07. The van der Waals surface area contributed by atoms with Gasteiger partial charge in [-0.05, 0) is 18.1 Å². The first-order valence-electron chi connectivity index (χ1n) is 9.93. The van der Waals surface area contributed by atoms with Crippen molar-refractivity contribution in [3.05, 3.63) is 78.6 Å². The van der Waals surface area contributed by atoms with Crippen LogP contribution in [-0.2, 0) is 0 Å². The fraction of sp³-hybridized carbons (Fsp3) is 0.167. The molecule has 6 heteroatoms. The minimum Gasteiger partial charge on any atom is -0.370 e. The number of rotatable bonds is 6. The third kappa shape index (κ3) is 4.43. The zero-order valence-electron chi connectivity index (χ0n) is 17.0. The highest BCUT2D eigenvalue weighted by atomic mass is 16.1. The van der Waals surface area contributed by atoms with E-state index in [-0.39, 0.29) is 5.91 Å². The Morgan fingerprint density at radius 1 is 0.967 bits per heavy atom. The fourth-order valence-electron chi connectivity index (χ4n) is 3.07. The number of para-hydroxylation sites is 1. The minimum absolute atomic E-state index is 0.294. The maximum absolute atomic E-state index is 13.1. The molecule has 150 valence electrons. The quantitative estimate of drug-likeness (QED) is 0.478. The molecule has 0 aliphatic heterocycles. The van der Waals surface area contributed by atoms with Gasteiger partial charge in [-0.1, -0.05) is 62.4 Å². The van der Waals surface area contributed by atoms with Crippen molar-refractivity contribution in [3.63, 3.8) is 0 Å². The summed E-state index contributed by atoms with van der Waals surface area (Å²) < 4.78 is 0. The molecule has 0 unspecified atom stereocenters. The first-order chi connectivity index (χ1) is 14.6. The Morgan fingerprint density at radius 2 is 1.77 bits per heavy atom. The Labute approximate surface area is 175 Å². The summed E-state index contributed by atoms with van der Waals surface area (Å²) in [4.78, 5) is 26.6. The molecule has 0 atom stereocenters. The molecule has 2 heterocycles. The number of hydrogen-bond donors (Lipinski definition) is 2. The molecule has 4 aromatic rings. The normalized spacial score (nSPS) is 10.9. The van der Waals surface area contributed by atoms with Crippen molar-refractivity contribution in [2.24, 2.45) is 5.92 Å². The molecule has 0 spiro atoms. The number of aromatic nitrogens is 3. The van der Waals surface area contributed by atoms with E-state index in [1.807, 2.05) is 60.7 Å². The van der Waals surface area contributed by atoms with Crippen LogP contribution in [0.1, 0.15) is 24.3 Å². The number of carbonyl (C=O) groups is 1. The molecule has 6 nitrogen and oxygen atoms in total. The number of pyridine rings is 1. The van der Waals surface area contributed by atoms with Gasteiger partial charge in [-0.2, -0.15) is 0 Å². The predicted molar refractivity (Wildman–Crippen MR) is 120 cm³/mol. The average Bonchev–Trinajstić information content (AvgIpc) is 2.78. The third-order valence-corrected chi connectivity index (χ3v) is 4.56. The number of fused-ring (bicyclic) bond motifs is 1. The zero-order chi connectivity index (χ0) is 20.9. The predicted octanol–water partition coefficient (Wildman–Crippen LogP) is 5.01. The van der Waals surface area contributed by atoms with Gasteiger partial charge in [-0.15, -0.1) is 0 Å². The van der Waals surface area contributed by atoms with Crippen molar-refractivity contribution in [2.75, 3.05) is 17.2 Å². The average molecular weight is 397 g/mol. The standard InChI is InChI=1S/C24H23N5O/c1-16(2)15-26-21-14-20(27-23(29-21)18-8-4-3-5-9-18)24(30)28-19-12-6-10-17-11-7-13-25-22(17)19/h3-14,16H,15H2,1-2H3,(H,28,30)(H,26,27,29). The number of carbonyl (C=O) groups excluding carboxylic acids is 1. The van der Waals surface area contributed by atoms with Gasteiger partial charge in [0, 0.05) is 29.8 Å². The van der Waals surface area contributed by atoms with Gasteiger partial charge < -0.3 is 10.6 Å². The first-order valence-corrected chi connectivity index (χ1v) is 9.93. The SMILES string of the molecule is CC(C)CNc1cc(C(=O)Nc2cccc3cccnc23)nc(-c2ccccc2)n1. The molecule has 0 aliphatic carbocycles. The first kappa shape index (κ1) is 19.5. The summed E-state index contributed by atoms with van der Waals surface area (Å²) in [5.74, 6) is 1.27. The van der Waals surface area contributed by atoms with Crippen LogP contribution >= 0.6 is 0 Å². The molecule has 0 aliphatic rings. The van der Waals surface area contributed by atoms with Gasteiger partial charge in [0.2, 0.25) is 0 Å². The van der Waals surface area contributed by atoms with Gasteiger partial charge in [0.1, 0.15) is 11.5 Å². The maximum Gasteiger partial charge on any atom is 0.274 e. The van der Waals surface area contributed by atoms with Gasteiger partial charge in [0.15, 0.2) is 5.82 Å². The topological polar surface area (TPSA) is 79.8 Å². The molecule has 2 aromatic carbocycles. The maximum atomic E-state index is 13.1. The van der Waals surface area contributed by atoms with Crippen LogP contribution in [0, 0.1) is 5.92 Å². The highest BCUT2D eigenvalue weighted by molar-refractivity contribution is 6.07. The lowest BCUT2D eigenvalue weighted by molar-refractivity contribution is 0.102. The van der Waals surface area contributed by atoms with Crippen molar-refractivity contribution in [1.29, 1.82) is 0 Å². The second-order valence-corrected chi connectivity index (χ2v) is 7.44. The van der Waals surface area contributed by atoms with E-state index in [2.05, 4.69) is 39.4 Å². The Kier molecular flexibility index (Phi) is 5.66. The lowest BCUT2D eigenvalue weighted by atomic mass is 10.2. The largest absolute Gasteiger partial charge is 0.370 e. The van der Waals surface area contributed by atoms with E-state index in [0.29, 0.717) is 28.9 Å². The number of amides is 1. The number of benzene rings is 2. The van der Waals surface area contributed by atoms with Crippen molar-refractivity contribution in [1.82, 2.24) is 15.0 Å². The van der Waals surface area contributed by atoms with Gasteiger partial charge in [-0.3, -0.25) is 9.78 Å². The van der Waals surface area contributed by atoms with E-state index in [1.54, 1.807) is 12.3 Å². The zero-order valence-corrected chi connectivity index (χ0v) is 17.0. The molecule has 0 bridgehead atoms. The summed E-state index contributed by atoms with van der Waals surface area (Å²) in [6.45, 7) is 4.99. The van der Waals surface area contributed by atoms with Crippen LogP contribution in [0.4, 0.5) is 11.5 Å². The smallest absolute Gasteiger partial charge is 0.274 e. The van der Waals surface area contributed by atoms with Gasteiger partial charge in [-0.25, -0.2) is 9.97 Å². The lowest BCUT2D eigenvalue weighted by Gasteiger charge is -2.12. The molecule has 0 saturated carbocycles. The van der Waals surface area contributed by atoms with Crippen molar-refractivity contribution < 1.29 is 4.79 Å². The van der Waals surface area contributed by atoms with E-state index in [4.69, 9.17) is 0 Å². The van der Waals surface area contributed by atoms with Crippen LogP contribution in [0.25, 0.3) is 22.3 Å². The molecule has 30 heavy (non-hydrogen) atoms. The van der Waals surface area contributed by atoms with Crippen LogP contribution in [0.3, 0.4) is 0 Å². The Hall–Kier alpha value is -3.80. The number of nitrogens with zero attached hydrogens (tertiary/aromatic N) is 3. The molecule has 0 radical (unpaired) electrons. The molecule has 2 N–H and O–H groups in total.